The summed E-state index contributed by atoms with van der Waals surface area (Å²) < 4.78 is 5.66. The molecule has 1 heterocycles. The van der Waals surface area contributed by atoms with Crippen molar-refractivity contribution in [3.63, 3.8) is 0 Å². The largest absolute Gasteiger partial charge is 0.381 e. The predicted molar refractivity (Wildman–Crippen MR) is 128 cm³/mol. The Kier molecular flexibility index (Phi) is 8.76. The van der Waals surface area contributed by atoms with Crippen molar-refractivity contribution in [1.82, 2.24) is 10.6 Å². The van der Waals surface area contributed by atoms with Crippen LogP contribution in [0.2, 0.25) is 0 Å². The topological polar surface area (TPSA) is 45.7 Å². The van der Waals surface area contributed by atoms with Crippen LogP contribution in [-0.2, 0) is 16.7 Å². The van der Waals surface area contributed by atoms with Gasteiger partial charge in [0.1, 0.15) is 0 Å². The van der Waals surface area contributed by atoms with Gasteiger partial charge in [0.25, 0.3) is 0 Å². The maximum atomic E-state index is 5.66. The average molecular weight is 493 g/mol. The van der Waals surface area contributed by atoms with Crippen molar-refractivity contribution in [2.75, 3.05) is 26.8 Å². The van der Waals surface area contributed by atoms with Gasteiger partial charge in [-0.3, -0.25) is 4.99 Å². The third-order valence-corrected chi connectivity index (χ3v) is 5.56. The highest BCUT2D eigenvalue weighted by Gasteiger charge is 2.35. The summed E-state index contributed by atoms with van der Waals surface area (Å²) in [7, 11) is 1.83. The lowest BCUT2D eigenvalue weighted by atomic mass is 9.72. The summed E-state index contributed by atoms with van der Waals surface area (Å²) in [6, 6.07) is 17.3. The zero-order valence-electron chi connectivity index (χ0n) is 17.1. The molecule has 1 aliphatic rings. The number of halogens is 1. The molecule has 0 spiro atoms. The number of ether oxygens (including phenoxy) is 1. The predicted octanol–water partition coefficient (Wildman–Crippen LogP) is 4.33. The Bertz CT molecular complexity index is 768. The average Bonchev–Trinajstić information content (AvgIpc) is 2.70. The van der Waals surface area contributed by atoms with Crippen molar-refractivity contribution in [3.05, 3.63) is 70.8 Å². The molecular weight excluding hydrogens is 461 g/mol. The van der Waals surface area contributed by atoms with Crippen LogP contribution >= 0.6 is 24.0 Å². The van der Waals surface area contributed by atoms with Crippen LogP contribution in [0.3, 0.4) is 0 Å². The van der Waals surface area contributed by atoms with Gasteiger partial charge in [-0.05, 0) is 43.4 Å². The quantitative estimate of drug-likeness (QED) is 0.370. The van der Waals surface area contributed by atoms with Gasteiger partial charge in [0.2, 0.25) is 0 Å². The van der Waals surface area contributed by atoms with Gasteiger partial charge in [-0.25, -0.2) is 0 Å². The molecule has 1 saturated heterocycles. The van der Waals surface area contributed by atoms with Crippen LogP contribution < -0.4 is 10.6 Å². The first kappa shape index (κ1) is 22.7. The molecule has 0 atom stereocenters. The van der Waals surface area contributed by atoms with E-state index in [0.717, 1.165) is 45.1 Å². The molecule has 2 N–H and O–H groups in total. The van der Waals surface area contributed by atoms with E-state index in [9.17, 15) is 0 Å². The molecule has 1 fully saturated rings. The van der Waals surface area contributed by atoms with E-state index in [1.165, 1.54) is 22.3 Å². The minimum Gasteiger partial charge on any atom is -0.381 e. The fraction of sp³-hybridized carbons (Fsp3) is 0.435. The normalized spacial score (nSPS) is 16.2. The van der Waals surface area contributed by atoms with Crippen LogP contribution in [0.25, 0.3) is 0 Å². The van der Waals surface area contributed by atoms with Crippen LogP contribution in [0.4, 0.5) is 0 Å². The van der Waals surface area contributed by atoms with E-state index in [1.54, 1.807) is 0 Å². The molecule has 0 amide bonds. The van der Waals surface area contributed by atoms with Crippen molar-refractivity contribution in [3.8, 4) is 0 Å². The summed E-state index contributed by atoms with van der Waals surface area (Å²) in [5.74, 6) is 0.843. The zero-order valence-corrected chi connectivity index (χ0v) is 19.5. The van der Waals surface area contributed by atoms with E-state index in [2.05, 4.69) is 78.0 Å². The van der Waals surface area contributed by atoms with E-state index in [-0.39, 0.29) is 29.4 Å². The van der Waals surface area contributed by atoms with Gasteiger partial charge in [0, 0.05) is 38.8 Å². The fourth-order valence-corrected chi connectivity index (χ4v) is 3.84. The van der Waals surface area contributed by atoms with E-state index in [1.807, 2.05) is 7.05 Å². The fourth-order valence-electron chi connectivity index (χ4n) is 3.84. The lowest BCUT2D eigenvalue weighted by Gasteiger charge is -2.39. The van der Waals surface area contributed by atoms with Crippen molar-refractivity contribution in [2.45, 2.75) is 38.6 Å². The summed E-state index contributed by atoms with van der Waals surface area (Å²) in [6.45, 7) is 7.56. The highest BCUT2D eigenvalue weighted by Crippen LogP contribution is 2.36. The molecule has 0 saturated carbocycles. The number of rotatable bonds is 5. The minimum atomic E-state index is 0. The number of hydrogen-bond acceptors (Lipinski definition) is 2. The smallest absolute Gasteiger partial charge is 0.191 e. The molecule has 0 radical (unpaired) electrons. The summed E-state index contributed by atoms with van der Waals surface area (Å²) in [5.41, 5.74) is 5.40. The van der Waals surface area contributed by atoms with Crippen molar-refractivity contribution < 1.29 is 4.74 Å². The standard InChI is InChI=1S/C23H31N3O.HI/c1-18-8-10-20(11-9-18)16-25-22(24-3)26-17-23(12-14-27-15-13-23)21-7-5-4-6-19(21)2;/h4-11H,12-17H2,1-3H3,(H2,24,25,26);1H. The van der Waals surface area contributed by atoms with Crippen LogP contribution in [0.5, 0.6) is 0 Å². The van der Waals surface area contributed by atoms with E-state index in [0.29, 0.717) is 0 Å². The molecule has 2 aromatic rings. The number of aryl methyl sites for hydroxylation is 2. The highest BCUT2D eigenvalue weighted by atomic mass is 127. The lowest BCUT2D eigenvalue weighted by molar-refractivity contribution is 0.0512. The van der Waals surface area contributed by atoms with Gasteiger partial charge < -0.3 is 15.4 Å². The Morgan fingerprint density at radius 1 is 1.00 bits per heavy atom. The highest BCUT2D eigenvalue weighted by molar-refractivity contribution is 14.0. The monoisotopic (exact) mass is 493 g/mol. The molecule has 2 aromatic carbocycles. The molecule has 0 aromatic heterocycles. The minimum absolute atomic E-state index is 0. The Balaban J connectivity index is 0.00000280. The van der Waals surface area contributed by atoms with Crippen LogP contribution in [-0.4, -0.2) is 32.8 Å². The number of benzene rings is 2. The van der Waals surface area contributed by atoms with E-state index < -0.39 is 0 Å². The molecule has 5 heteroatoms. The first-order chi connectivity index (χ1) is 13.1. The number of nitrogens with zero attached hydrogens (tertiary/aromatic N) is 1. The molecule has 4 nitrogen and oxygen atoms in total. The van der Waals surface area contributed by atoms with Crippen molar-refractivity contribution in [1.29, 1.82) is 0 Å². The summed E-state index contributed by atoms with van der Waals surface area (Å²) in [6.07, 6.45) is 2.06. The zero-order chi connectivity index (χ0) is 19.1. The van der Waals surface area contributed by atoms with Gasteiger partial charge in [-0.15, -0.1) is 24.0 Å². The number of hydrogen-bond donors (Lipinski definition) is 2. The van der Waals surface area contributed by atoms with E-state index >= 15 is 0 Å². The van der Waals surface area contributed by atoms with Gasteiger partial charge in [0.15, 0.2) is 5.96 Å². The Labute approximate surface area is 186 Å². The molecule has 28 heavy (non-hydrogen) atoms. The molecule has 3 rings (SSSR count). The third kappa shape index (κ3) is 5.70. The second kappa shape index (κ2) is 10.8. The molecule has 0 bridgehead atoms. The van der Waals surface area contributed by atoms with Crippen molar-refractivity contribution >= 4 is 29.9 Å². The number of nitrogens with one attached hydrogen (secondary N) is 2. The summed E-state index contributed by atoms with van der Waals surface area (Å²) in [4.78, 5) is 4.42. The lowest BCUT2D eigenvalue weighted by Crippen LogP contribution is -2.48. The van der Waals surface area contributed by atoms with Crippen LogP contribution in [0.15, 0.2) is 53.5 Å². The Hall–Kier alpha value is -1.60. The van der Waals surface area contributed by atoms with Crippen LogP contribution in [0.1, 0.15) is 35.1 Å². The number of aliphatic imine (C=N–C) groups is 1. The third-order valence-electron chi connectivity index (χ3n) is 5.56. The van der Waals surface area contributed by atoms with E-state index in [4.69, 9.17) is 4.74 Å². The van der Waals surface area contributed by atoms with Crippen molar-refractivity contribution in [2.24, 2.45) is 4.99 Å². The molecule has 0 aliphatic carbocycles. The van der Waals surface area contributed by atoms with Gasteiger partial charge in [0.05, 0.1) is 0 Å². The summed E-state index contributed by atoms with van der Waals surface area (Å²) >= 11 is 0. The SMILES string of the molecule is CN=C(NCc1ccc(C)cc1)NCC1(c2ccccc2C)CCOCC1.I. The second-order valence-electron chi connectivity index (χ2n) is 7.47. The van der Waals surface area contributed by atoms with Gasteiger partial charge >= 0.3 is 0 Å². The first-order valence-electron chi connectivity index (χ1n) is 9.77. The van der Waals surface area contributed by atoms with Gasteiger partial charge in [-0.2, -0.15) is 0 Å². The first-order valence-corrected chi connectivity index (χ1v) is 9.77. The molecule has 1 aliphatic heterocycles. The molecular formula is C23H32IN3O. The van der Waals surface area contributed by atoms with Crippen LogP contribution in [0, 0.1) is 13.8 Å². The Morgan fingerprint density at radius 2 is 1.68 bits per heavy atom. The second-order valence-corrected chi connectivity index (χ2v) is 7.47. The Morgan fingerprint density at radius 3 is 2.32 bits per heavy atom. The number of guanidine groups is 1. The maximum Gasteiger partial charge on any atom is 0.191 e. The molecule has 0 unspecified atom stereocenters. The van der Waals surface area contributed by atoms with Gasteiger partial charge in [-0.1, -0.05) is 54.1 Å². The maximum absolute atomic E-state index is 5.66. The summed E-state index contributed by atoms with van der Waals surface area (Å²) in [5, 5.41) is 7.01. The molecule has 152 valence electrons.